The Balaban J connectivity index is 2.00. The first-order valence-corrected chi connectivity index (χ1v) is 7.43. The van der Waals surface area contributed by atoms with E-state index in [0.29, 0.717) is 11.3 Å². The van der Waals surface area contributed by atoms with Crippen LogP contribution in [0.4, 0.5) is 13.2 Å². The van der Waals surface area contributed by atoms with Crippen LogP contribution in [0.5, 0.6) is 0 Å². The molecule has 0 saturated carbocycles. The van der Waals surface area contributed by atoms with E-state index in [2.05, 4.69) is 16.2 Å². The minimum Gasteiger partial charge on any atom is -0.384 e. The predicted octanol–water partition coefficient (Wildman–Crippen LogP) is 4.33. The maximum atomic E-state index is 12.6. The molecule has 0 aliphatic rings. The fourth-order valence-corrected chi connectivity index (χ4v) is 3.02. The van der Waals surface area contributed by atoms with Gasteiger partial charge in [-0.1, -0.05) is 30.0 Å². The number of fused-ring (bicyclic) bond motifs is 1. The SMILES string of the molecule is OCC#Cc1ccc2c(-c3ccc(C(F)(F)F)cc3)nsc2c1. The zero-order valence-corrected chi connectivity index (χ0v) is 12.5. The van der Waals surface area contributed by atoms with Gasteiger partial charge in [0.2, 0.25) is 0 Å². The van der Waals surface area contributed by atoms with Crippen LogP contribution in [0.15, 0.2) is 42.5 Å². The summed E-state index contributed by atoms with van der Waals surface area (Å²) >= 11 is 1.26. The van der Waals surface area contributed by atoms with Gasteiger partial charge in [0.15, 0.2) is 0 Å². The van der Waals surface area contributed by atoms with E-state index in [1.807, 2.05) is 12.1 Å². The van der Waals surface area contributed by atoms with Gasteiger partial charge in [-0.25, -0.2) is 0 Å². The molecule has 0 atom stereocenters. The van der Waals surface area contributed by atoms with Gasteiger partial charge in [0.05, 0.1) is 16.0 Å². The van der Waals surface area contributed by atoms with E-state index in [9.17, 15) is 13.2 Å². The van der Waals surface area contributed by atoms with Crippen LogP contribution in [-0.2, 0) is 6.18 Å². The van der Waals surface area contributed by atoms with Crippen molar-refractivity contribution in [3.63, 3.8) is 0 Å². The van der Waals surface area contributed by atoms with Crippen LogP contribution < -0.4 is 0 Å². The van der Waals surface area contributed by atoms with Crippen LogP contribution in [0, 0.1) is 11.8 Å². The summed E-state index contributed by atoms with van der Waals surface area (Å²) in [5.74, 6) is 5.38. The Kier molecular flexibility index (Phi) is 4.07. The van der Waals surface area contributed by atoms with Crippen molar-refractivity contribution in [3.8, 4) is 23.1 Å². The van der Waals surface area contributed by atoms with Crippen molar-refractivity contribution in [3.05, 3.63) is 53.6 Å². The van der Waals surface area contributed by atoms with Gasteiger partial charge in [0.1, 0.15) is 6.61 Å². The number of halogens is 3. The Labute approximate surface area is 134 Å². The Bertz CT molecular complexity index is 901. The first kappa shape index (κ1) is 15.5. The number of benzene rings is 2. The number of rotatable bonds is 1. The van der Waals surface area contributed by atoms with E-state index in [1.54, 1.807) is 6.07 Å². The van der Waals surface area contributed by atoms with Gasteiger partial charge in [0, 0.05) is 16.5 Å². The molecule has 6 heteroatoms. The fourth-order valence-electron chi connectivity index (χ4n) is 2.18. The summed E-state index contributed by atoms with van der Waals surface area (Å²) in [5, 5.41) is 9.57. The van der Waals surface area contributed by atoms with Gasteiger partial charge in [-0.15, -0.1) is 0 Å². The monoisotopic (exact) mass is 333 g/mol. The van der Waals surface area contributed by atoms with Crippen molar-refractivity contribution < 1.29 is 18.3 Å². The zero-order valence-electron chi connectivity index (χ0n) is 11.7. The van der Waals surface area contributed by atoms with Gasteiger partial charge < -0.3 is 5.11 Å². The maximum absolute atomic E-state index is 12.6. The van der Waals surface area contributed by atoms with E-state index >= 15 is 0 Å². The molecule has 3 rings (SSSR count). The lowest BCUT2D eigenvalue weighted by molar-refractivity contribution is -0.137. The molecule has 0 spiro atoms. The topological polar surface area (TPSA) is 33.1 Å². The summed E-state index contributed by atoms with van der Waals surface area (Å²) in [7, 11) is 0. The number of aromatic nitrogens is 1. The van der Waals surface area contributed by atoms with E-state index < -0.39 is 11.7 Å². The molecule has 3 aromatic rings. The van der Waals surface area contributed by atoms with Crippen molar-refractivity contribution >= 4 is 21.6 Å². The van der Waals surface area contributed by atoms with Crippen LogP contribution in [0.25, 0.3) is 21.3 Å². The minimum absolute atomic E-state index is 0.211. The summed E-state index contributed by atoms with van der Waals surface area (Å²) in [5.41, 5.74) is 1.37. The normalized spacial score (nSPS) is 11.3. The smallest absolute Gasteiger partial charge is 0.384 e. The lowest BCUT2D eigenvalue weighted by Crippen LogP contribution is -2.03. The van der Waals surface area contributed by atoms with Gasteiger partial charge >= 0.3 is 6.18 Å². The number of hydrogen-bond donors (Lipinski definition) is 1. The number of aliphatic hydroxyl groups is 1. The third kappa shape index (κ3) is 3.21. The summed E-state index contributed by atoms with van der Waals surface area (Å²) in [6.45, 7) is -0.211. The van der Waals surface area contributed by atoms with E-state index in [4.69, 9.17) is 5.11 Å². The van der Waals surface area contributed by atoms with Crippen LogP contribution in [0.3, 0.4) is 0 Å². The number of nitrogens with zero attached hydrogens (tertiary/aromatic N) is 1. The van der Waals surface area contributed by atoms with Crippen LogP contribution in [-0.4, -0.2) is 16.1 Å². The number of alkyl halides is 3. The second kappa shape index (κ2) is 6.03. The highest BCUT2D eigenvalue weighted by Crippen LogP contribution is 2.34. The average Bonchev–Trinajstić information content (AvgIpc) is 2.95. The van der Waals surface area contributed by atoms with Gasteiger partial charge in [-0.05, 0) is 35.8 Å². The molecular weight excluding hydrogens is 323 g/mol. The van der Waals surface area contributed by atoms with Crippen LogP contribution in [0.2, 0.25) is 0 Å². The molecule has 1 N–H and O–H groups in total. The summed E-state index contributed by atoms with van der Waals surface area (Å²) < 4.78 is 43.1. The lowest BCUT2D eigenvalue weighted by Gasteiger charge is -2.06. The van der Waals surface area contributed by atoms with Gasteiger partial charge in [-0.2, -0.15) is 17.5 Å². The average molecular weight is 333 g/mol. The van der Waals surface area contributed by atoms with Crippen LogP contribution >= 0.6 is 11.5 Å². The largest absolute Gasteiger partial charge is 0.416 e. The minimum atomic E-state index is -4.34. The Morgan fingerprint density at radius 3 is 2.48 bits per heavy atom. The highest BCUT2D eigenvalue weighted by atomic mass is 32.1. The molecule has 0 bridgehead atoms. The van der Waals surface area contributed by atoms with Crippen LogP contribution in [0.1, 0.15) is 11.1 Å². The third-order valence-electron chi connectivity index (χ3n) is 3.27. The highest BCUT2D eigenvalue weighted by Gasteiger charge is 2.30. The van der Waals surface area contributed by atoms with Crippen molar-refractivity contribution in [2.24, 2.45) is 0 Å². The zero-order chi connectivity index (χ0) is 16.4. The molecule has 0 aliphatic carbocycles. The van der Waals surface area contributed by atoms with Gasteiger partial charge in [0.25, 0.3) is 0 Å². The molecule has 2 nitrogen and oxygen atoms in total. The van der Waals surface area contributed by atoms with Crippen molar-refractivity contribution in [2.75, 3.05) is 6.61 Å². The molecule has 0 saturated heterocycles. The second-order valence-electron chi connectivity index (χ2n) is 4.78. The van der Waals surface area contributed by atoms with Crippen molar-refractivity contribution in [1.82, 2.24) is 4.37 Å². The molecule has 0 unspecified atom stereocenters. The molecule has 116 valence electrons. The molecule has 2 aromatic carbocycles. The highest BCUT2D eigenvalue weighted by molar-refractivity contribution is 7.13. The fraction of sp³-hybridized carbons (Fsp3) is 0.118. The summed E-state index contributed by atoms with van der Waals surface area (Å²) in [6.07, 6.45) is -4.34. The quantitative estimate of drug-likeness (QED) is 0.673. The predicted molar refractivity (Wildman–Crippen MR) is 84.0 cm³/mol. The molecule has 0 fully saturated rings. The molecular formula is C17H10F3NOS. The Morgan fingerprint density at radius 2 is 1.83 bits per heavy atom. The molecule has 0 aliphatic heterocycles. The first-order valence-electron chi connectivity index (χ1n) is 6.66. The Hall–Kier alpha value is -2.36. The lowest BCUT2D eigenvalue weighted by atomic mass is 10.0. The van der Waals surface area contributed by atoms with E-state index in [1.165, 1.54) is 23.7 Å². The summed E-state index contributed by atoms with van der Waals surface area (Å²) in [6, 6.07) is 10.5. The summed E-state index contributed by atoms with van der Waals surface area (Å²) in [4.78, 5) is 0. The molecule has 1 aromatic heterocycles. The van der Waals surface area contributed by atoms with E-state index in [0.717, 1.165) is 27.8 Å². The molecule has 0 amide bonds. The number of aliphatic hydroxyl groups excluding tert-OH is 1. The third-order valence-corrected chi connectivity index (χ3v) is 4.08. The number of hydrogen-bond acceptors (Lipinski definition) is 3. The van der Waals surface area contributed by atoms with Crippen molar-refractivity contribution in [2.45, 2.75) is 6.18 Å². The molecule has 1 heterocycles. The molecule has 0 radical (unpaired) electrons. The van der Waals surface area contributed by atoms with Crippen molar-refractivity contribution in [1.29, 1.82) is 0 Å². The molecule has 23 heavy (non-hydrogen) atoms. The van der Waals surface area contributed by atoms with Gasteiger partial charge in [-0.3, -0.25) is 0 Å². The van der Waals surface area contributed by atoms with E-state index in [-0.39, 0.29) is 6.61 Å². The first-order chi connectivity index (χ1) is 11.0. The standard InChI is InChI=1S/C17H10F3NOS/c18-17(19,20)13-6-4-12(5-7-13)16-14-8-3-11(2-1-9-22)10-15(14)23-21-16/h3-8,10,22H,9H2. The maximum Gasteiger partial charge on any atom is 0.416 e. The second-order valence-corrected chi connectivity index (χ2v) is 5.58. The Morgan fingerprint density at radius 1 is 1.09 bits per heavy atom.